The van der Waals surface area contributed by atoms with Crippen LogP contribution in [0.2, 0.25) is 10.0 Å². The highest BCUT2D eigenvalue weighted by atomic mass is 35.5. The van der Waals surface area contributed by atoms with Crippen LogP contribution in [-0.2, 0) is 6.61 Å². The summed E-state index contributed by atoms with van der Waals surface area (Å²) in [6.45, 7) is 5.97. The Labute approximate surface area is 275 Å². The predicted molar refractivity (Wildman–Crippen MR) is 175 cm³/mol. The van der Waals surface area contributed by atoms with Gasteiger partial charge in [-0.15, -0.1) is 0 Å². The Morgan fingerprint density at radius 3 is 2.54 bits per heavy atom. The minimum absolute atomic E-state index is 0.0564. The van der Waals surface area contributed by atoms with Gasteiger partial charge in [0.15, 0.2) is 11.5 Å². The average molecular weight is 656 g/mol. The van der Waals surface area contributed by atoms with E-state index < -0.39 is 11.9 Å². The van der Waals surface area contributed by atoms with Gasteiger partial charge in [0.1, 0.15) is 35.3 Å². The van der Waals surface area contributed by atoms with Gasteiger partial charge in [-0.1, -0.05) is 47.5 Å². The summed E-state index contributed by atoms with van der Waals surface area (Å²) in [6, 6.07) is 21.6. The van der Waals surface area contributed by atoms with Gasteiger partial charge in [-0.3, -0.25) is 0 Å². The molecule has 1 aliphatic rings. The van der Waals surface area contributed by atoms with Gasteiger partial charge in [-0.25, -0.2) is 4.79 Å². The van der Waals surface area contributed by atoms with Crippen molar-refractivity contribution >= 4 is 40.1 Å². The van der Waals surface area contributed by atoms with E-state index in [2.05, 4.69) is 6.07 Å². The number of benzene rings is 4. The number of rotatable bonds is 7. The van der Waals surface area contributed by atoms with Gasteiger partial charge in [-0.05, 0) is 73.9 Å². The highest BCUT2D eigenvalue weighted by molar-refractivity contribution is 6.35. The highest BCUT2D eigenvalue weighted by Gasteiger charge is 2.32. The van der Waals surface area contributed by atoms with Crippen molar-refractivity contribution in [1.82, 2.24) is 0 Å². The lowest BCUT2D eigenvalue weighted by atomic mass is 9.83. The van der Waals surface area contributed by atoms with Crippen LogP contribution in [0.5, 0.6) is 23.0 Å². The van der Waals surface area contributed by atoms with Crippen LogP contribution in [0.3, 0.4) is 0 Å². The number of methoxy groups -OCH3 is 1. The van der Waals surface area contributed by atoms with Crippen LogP contribution in [0, 0.1) is 32.1 Å². The minimum Gasteiger partial charge on any atom is -0.493 e. The number of fused-ring (bicyclic) bond motifs is 2. The van der Waals surface area contributed by atoms with Crippen molar-refractivity contribution in [3.05, 3.63) is 127 Å². The largest absolute Gasteiger partial charge is 0.493 e. The molecular weight excluding hydrogens is 627 g/mol. The van der Waals surface area contributed by atoms with Crippen molar-refractivity contribution in [2.45, 2.75) is 33.3 Å². The van der Waals surface area contributed by atoms with E-state index in [-0.39, 0.29) is 29.6 Å². The average Bonchev–Trinajstić information content (AvgIpc) is 3.36. The molecule has 10 heteroatoms. The molecular formula is C36H28Cl2N2O6. The second-order valence-electron chi connectivity index (χ2n) is 11.0. The lowest BCUT2D eigenvalue weighted by molar-refractivity contribution is 0.0702. The molecule has 1 unspecified atom stereocenters. The minimum atomic E-state index is -0.639. The summed E-state index contributed by atoms with van der Waals surface area (Å²) in [5, 5.41) is 12.0. The molecule has 4 aromatic carbocycles. The maximum Gasteiger partial charge on any atom is 0.379 e. The summed E-state index contributed by atoms with van der Waals surface area (Å²) in [7, 11) is 1.53. The first-order chi connectivity index (χ1) is 22.1. The predicted octanol–water partition coefficient (Wildman–Crippen LogP) is 8.69. The van der Waals surface area contributed by atoms with Gasteiger partial charge in [0, 0.05) is 38.2 Å². The van der Waals surface area contributed by atoms with E-state index in [0.29, 0.717) is 49.6 Å². The molecule has 46 heavy (non-hydrogen) atoms. The Morgan fingerprint density at radius 1 is 1.00 bits per heavy atom. The summed E-state index contributed by atoms with van der Waals surface area (Å²) in [6.07, 6.45) is 0. The fourth-order valence-corrected chi connectivity index (χ4v) is 6.22. The Bertz CT molecular complexity index is 2110. The zero-order valence-electron chi connectivity index (χ0n) is 25.4. The number of ether oxygens (including phenoxy) is 4. The van der Waals surface area contributed by atoms with E-state index in [9.17, 15) is 10.1 Å². The van der Waals surface area contributed by atoms with Gasteiger partial charge in [-0.2, -0.15) is 5.26 Å². The number of allylic oxidation sites excluding steroid dienone is 1. The highest BCUT2D eigenvalue weighted by Crippen LogP contribution is 2.45. The zero-order chi connectivity index (χ0) is 32.7. The zero-order valence-corrected chi connectivity index (χ0v) is 26.9. The summed E-state index contributed by atoms with van der Waals surface area (Å²) in [4.78, 5) is 13.2. The van der Waals surface area contributed by atoms with Gasteiger partial charge >= 0.3 is 5.97 Å². The van der Waals surface area contributed by atoms with Gasteiger partial charge in [0.05, 0.1) is 13.0 Å². The first kappa shape index (κ1) is 30.9. The number of nitrogens with zero attached hydrogens (tertiary/aromatic N) is 1. The number of aryl methyl sites for hydroxylation is 3. The molecule has 0 saturated heterocycles. The van der Waals surface area contributed by atoms with Crippen LogP contribution in [0.1, 0.15) is 49.9 Å². The molecule has 0 radical (unpaired) electrons. The lowest BCUT2D eigenvalue weighted by Crippen LogP contribution is -2.21. The molecule has 232 valence electrons. The molecule has 6 rings (SSSR count). The van der Waals surface area contributed by atoms with Crippen molar-refractivity contribution in [2.24, 2.45) is 5.73 Å². The van der Waals surface area contributed by atoms with Crippen LogP contribution < -0.4 is 24.7 Å². The summed E-state index contributed by atoms with van der Waals surface area (Å²) in [5.41, 5.74) is 12.0. The van der Waals surface area contributed by atoms with Gasteiger partial charge in [0.25, 0.3) is 0 Å². The van der Waals surface area contributed by atoms with Crippen LogP contribution in [-0.4, -0.2) is 13.1 Å². The first-order valence-corrected chi connectivity index (χ1v) is 15.0. The fourth-order valence-electron chi connectivity index (χ4n) is 5.76. The third-order valence-corrected chi connectivity index (χ3v) is 8.46. The molecule has 1 atom stereocenters. The van der Waals surface area contributed by atoms with E-state index in [0.717, 1.165) is 22.1 Å². The number of carbonyl (C=O) groups is 1. The molecule has 1 aliphatic heterocycles. The Kier molecular flexibility index (Phi) is 8.30. The number of carbonyl (C=O) groups excluding carboxylic acids is 1. The molecule has 5 aromatic rings. The van der Waals surface area contributed by atoms with Crippen LogP contribution >= 0.6 is 23.2 Å². The van der Waals surface area contributed by atoms with Crippen molar-refractivity contribution in [1.29, 1.82) is 5.26 Å². The van der Waals surface area contributed by atoms with Gasteiger partial charge in [0.2, 0.25) is 11.6 Å². The number of hydrogen-bond acceptors (Lipinski definition) is 8. The maximum absolute atomic E-state index is 13.2. The van der Waals surface area contributed by atoms with Crippen molar-refractivity contribution in [3.63, 3.8) is 0 Å². The van der Waals surface area contributed by atoms with E-state index in [1.165, 1.54) is 7.11 Å². The fraction of sp³-hybridized carbons (Fsp3) is 0.167. The first-order valence-electron chi connectivity index (χ1n) is 14.3. The smallest absolute Gasteiger partial charge is 0.379 e. The Balaban J connectivity index is 1.29. The second kappa shape index (κ2) is 12.4. The molecule has 0 fully saturated rings. The molecule has 0 spiro atoms. The Morgan fingerprint density at radius 2 is 1.80 bits per heavy atom. The van der Waals surface area contributed by atoms with E-state index >= 15 is 0 Å². The number of nitrogens with two attached hydrogens (primary N) is 1. The van der Waals surface area contributed by atoms with E-state index in [1.807, 2.05) is 39.0 Å². The number of esters is 1. The Hall–Kier alpha value is -5.10. The molecule has 8 nitrogen and oxygen atoms in total. The van der Waals surface area contributed by atoms with E-state index in [1.54, 1.807) is 48.5 Å². The normalized spacial score (nSPS) is 14.0. The monoisotopic (exact) mass is 654 g/mol. The number of halogens is 2. The van der Waals surface area contributed by atoms with Crippen LogP contribution in [0.25, 0.3) is 11.0 Å². The molecule has 0 amide bonds. The summed E-state index contributed by atoms with van der Waals surface area (Å²) < 4.78 is 29.1. The van der Waals surface area contributed by atoms with Crippen molar-refractivity contribution in [3.8, 4) is 29.1 Å². The third-order valence-electron chi connectivity index (χ3n) is 7.88. The molecule has 0 aliphatic carbocycles. The second-order valence-corrected chi connectivity index (χ2v) is 11.8. The molecule has 0 saturated carbocycles. The molecule has 0 bridgehead atoms. The van der Waals surface area contributed by atoms with Crippen LogP contribution in [0.4, 0.5) is 0 Å². The molecule has 1 aromatic heterocycles. The molecule has 2 N–H and O–H groups in total. The third kappa shape index (κ3) is 5.71. The number of nitriles is 1. The molecule has 2 heterocycles. The van der Waals surface area contributed by atoms with Gasteiger partial charge < -0.3 is 29.1 Å². The number of furan rings is 1. The standard InChI is InChI=1S/C36H28Cl2N2O6/c1-18-11-19(2)32-20(3)34(45-31(32)12-18)36(41)44-24-8-9-25-29(15-24)46-35(40)26(16-39)33(25)21-6-10-28(30(13-21)42-4)43-17-22-5-7-23(37)14-27(22)38/h5-15,33H,17,40H2,1-4H3. The quantitative estimate of drug-likeness (QED) is 0.137. The maximum atomic E-state index is 13.2. The van der Waals surface area contributed by atoms with E-state index in [4.69, 9.17) is 52.3 Å². The van der Waals surface area contributed by atoms with Crippen LogP contribution in [0.15, 0.2) is 82.6 Å². The topological polar surface area (TPSA) is 117 Å². The summed E-state index contributed by atoms with van der Waals surface area (Å²) in [5.74, 6) is 0.341. The van der Waals surface area contributed by atoms with Crippen molar-refractivity contribution < 1.29 is 28.2 Å². The summed E-state index contributed by atoms with van der Waals surface area (Å²) >= 11 is 12.3. The lowest BCUT2D eigenvalue weighted by Gasteiger charge is -2.27. The van der Waals surface area contributed by atoms with Crippen molar-refractivity contribution in [2.75, 3.05) is 7.11 Å². The SMILES string of the molecule is COc1cc(C2C(C#N)=C(N)Oc3cc(OC(=O)c4oc5cc(C)cc(C)c5c4C)ccc32)ccc1OCc1ccc(Cl)cc1Cl. The number of hydrogen-bond donors (Lipinski definition) is 1.